The molecule has 0 bridgehead atoms. The molecule has 144 valence electrons. The predicted octanol–water partition coefficient (Wildman–Crippen LogP) is 1.98. The number of hydrogen-bond acceptors (Lipinski definition) is 6. The first-order valence-corrected chi connectivity index (χ1v) is 9.23. The highest BCUT2D eigenvalue weighted by molar-refractivity contribution is 7.89. The van der Waals surface area contributed by atoms with Gasteiger partial charge in [0.1, 0.15) is 19.0 Å². The number of benzene rings is 2. The second-order valence-electron chi connectivity index (χ2n) is 5.56. The van der Waals surface area contributed by atoms with Crippen molar-refractivity contribution in [3.8, 4) is 0 Å². The van der Waals surface area contributed by atoms with Crippen LogP contribution in [0.25, 0.3) is 0 Å². The number of hydrogen-bond donors (Lipinski definition) is 0. The van der Waals surface area contributed by atoms with Crippen molar-refractivity contribution in [3.63, 3.8) is 0 Å². The SMILES string of the molecule is COC(=O)c1ccc(COC(=O)CN(C)S(=O)(=O)c2ccc(F)cc2)cc1. The highest BCUT2D eigenvalue weighted by atomic mass is 32.2. The van der Waals surface area contributed by atoms with Crippen molar-refractivity contribution in [2.45, 2.75) is 11.5 Å². The van der Waals surface area contributed by atoms with Gasteiger partial charge in [-0.3, -0.25) is 4.79 Å². The summed E-state index contributed by atoms with van der Waals surface area (Å²) in [4.78, 5) is 23.1. The van der Waals surface area contributed by atoms with E-state index in [1.54, 1.807) is 12.1 Å². The van der Waals surface area contributed by atoms with E-state index in [-0.39, 0.29) is 11.5 Å². The number of carbonyl (C=O) groups is 2. The van der Waals surface area contributed by atoms with E-state index >= 15 is 0 Å². The van der Waals surface area contributed by atoms with Crippen molar-refractivity contribution in [3.05, 3.63) is 65.5 Å². The highest BCUT2D eigenvalue weighted by Crippen LogP contribution is 2.15. The Labute approximate surface area is 156 Å². The molecule has 0 saturated heterocycles. The van der Waals surface area contributed by atoms with Crippen molar-refractivity contribution in [1.29, 1.82) is 0 Å². The molecule has 0 fully saturated rings. The van der Waals surface area contributed by atoms with Crippen molar-refractivity contribution in [2.75, 3.05) is 20.7 Å². The van der Waals surface area contributed by atoms with E-state index < -0.39 is 34.3 Å². The van der Waals surface area contributed by atoms with E-state index in [2.05, 4.69) is 4.74 Å². The average molecular weight is 395 g/mol. The molecule has 0 aromatic heterocycles. The van der Waals surface area contributed by atoms with E-state index in [1.165, 1.54) is 26.3 Å². The van der Waals surface area contributed by atoms with Crippen LogP contribution in [0.1, 0.15) is 15.9 Å². The lowest BCUT2D eigenvalue weighted by molar-refractivity contribution is -0.144. The van der Waals surface area contributed by atoms with Gasteiger partial charge in [0, 0.05) is 7.05 Å². The monoisotopic (exact) mass is 395 g/mol. The maximum absolute atomic E-state index is 12.9. The zero-order valence-corrected chi connectivity index (χ0v) is 15.5. The Morgan fingerprint density at radius 2 is 1.63 bits per heavy atom. The molecule has 27 heavy (non-hydrogen) atoms. The van der Waals surface area contributed by atoms with Crippen molar-refractivity contribution < 1.29 is 31.9 Å². The average Bonchev–Trinajstić information content (AvgIpc) is 2.66. The Kier molecular flexibility index (Phi) is 6.65. The van der Waals surface area contributed by atoms with Crippen LogP contribution in [0, 0.1) is 5.82 Å². The Morgan fingerprint density at radius 3 is 2.19 bits per heavy atom. The lowest BCUT2D eigenvalue weighted by atomic mass is 10.1. The third-order valence-corrected chi connectivity index (χ3v) is 5.47. The second kappa shape index (κ2) is 8.74. The summed E-state index contributed by atoms with van der Waals surface area (Å²) in [6, 6.07) is 10.5. The van der Waals surface area contributed by atoms with E-state index in [4.69, 9.17) is 4.74 Å². The summed E-state index contributed by atoms with van der Waals surface area (Å²) in [5, 5.41) is 0. The lowest BCUT2D eigenvalue weighted by Gasteiger charge is -2.16. The van der Waals surface area contributed by atoms with Gasteiger partial charge in [-0.25, -0.2) is 17.6 Å². The largest absolute Gasteiger partial charge is 0.465 e. The minimum Gasteiger partial charge on any atom is -0.465 e. The van der Waals surface area contributed by atoms with Gasteiger partial charge in [-0.05, 0) is 42.0 Å². The summed E-state index contributed by atoms with van der Waals surface area (Å²) in [5.74, 6) is -1.79. The van der Waals surface area contributed by atoms with E-state index in [0.717, 1.165) is 28.6 Å². The van der Waals surface area contributed by atoms with Crippen molar-refractivity contribution >= 4 is 22.0 Å². The molecule has 0 aliphatic rings. The van der Waals surface area contributed by atoms with Crippen LogP contribution in [0.3, 0.4) is 0 Å². The molecule has 0 spiro atoms. The van der Waals surface area contributed by atoms with Gasteiger partial charge >= 0.3 is 11.9 Å². The van der Waals surface area contributed by atoms with E-state index in [0.29, 0.717) is 11.1 Å². The van der Waals surface area contributed by atoms with Gasteiger partial charge in [-0.15, -0.1) is 0 Å². The summed E-state index contributed by atoms with van der Waals surface area (Å²) < 4.78 is 48.1. The molecule has 0 unspecified atom stereocenters. The second-order valence-corrected chi connectivity index (χ2v) is 7.61. The quantitative estimate of drug-likeness (QED) is 0.666. The molecule has 7 nitrogen and oxygen atoms in total. The number of ether oxygens (including phenoxy) is 2. The Hall–Kier alpha value is -2.78. The van der Waals surface area contributed by atoms with Crippen molar-refractivity contribution in [1.82, 2.24) is 4.31 Å². The fourth-order valence-electron chi connectivity index (χ4n) is 2.12. The first-order valence-electron chi connectivity index (χ1n) is 7.79. The summed E-state index contributed by atoms with van der Waals surface area (Å²) in [7, 11) is -1.44. The van der Waals surface area contributed by atoms with Crippen LogP contribution in [0.15, 0.2) is 53.4 Å². The lowest BCUT2D eigenvalue weighted by Crippen LogP contribution is -2.33. The third kappa shape index (κ3) is 5.35. The number of nitrogens with zero attached hydrogens (tertiary/aromatic N) is 1. The maximum atomic E-state index is 12.9. The zero-order valence-electron chi connectivity index (χ0n) is 14.7. The molecule has 0 radical (unpaired) electrons. The van der Waals surface area contributed by atoms with Crippen LogP contribution in [-0.2, 0) is 30.9 Å². The van der Waals surface area contributed by atoms with Gasteiger partial charge in [0.15, 0.2) is 0 Å². The standard InChI is InChI=1S/C18H18FNO6S/c1-20(27(23,24)16-9-7-15(19)8-10-16)11-17(21)26-12-13-3-5-14(6-4-13)18(22)25-2/h3-10H,11-12H2,1-2H3. The molecule has 2 rings (SSSR count). The molecule has 2 aromatic rings. The van der Waals surface area contributed by atoms with Crippen LogP contribution < -0.4 is 0 Å². The number of esters is 2. The molecule has 0 saturated carbocycles. The zero-order chi connectivity index (χ0) is 20.0. The van der Waals surface area contributed by atoms with Gasteiger partial charge in [-0.1, -0.05) is 12.1 Å². The molecule has 0 amide bonds. The van der Waals surface area contributed by atoms with Gasteiger partial charge in [0.25, 0.3) is 0 Å². The molecular formula is C18H18FNO6S. The maximum Gasteiger partial charge on any atom is 0.337 e. The molecule has 0 atom stereocenters. The molecule has 0 aliphatic heterocycles. The molecule has 2 aromatic carbocycles. The van der Waals surface area contributed by atoms with Gasteiger partial charge < -0.3 is 9.47 Å². The smallest absolute Gasteiger partial charge is 0.337 e. The fourth-order valence-corrected chi connectivity index (χ4v) is 3.23. The Morgan fingerprint density at radius 1 is 1.04 bits per heavy atom. The van der Waals surface area contributed by atoms with E-state index in [9.17, 15) is 22.4 Å². The molecule has 0 aliphatic carbocycles. The highest BCUT2D eigenvalue weighted by Gasteiger charge is 2.23. The van der Waals surface area contributed by atoms with Crippen LogP contribution in [0.5, 0.6) is 0 Å². The first kappa shape index (κ1) is 20.5. The van der Waals surface area contributed by atoms with Crippen LogP contribution >= 0.6 is 0 Å². The number of rotatable bonds is 7. The topological polar surface area (TPSA) is 90.0 Å². The van der Waals surface area contributed by atoms with Crippen LogP contribution in [-0.4, -0.2) is 45.4 Å². The third-order valence-electron chi connectivity index (χ3n) is 3.65. The Bertz CT molecular complexity index is 910. The Balaban J connectivity index is 1.93. The summed E-state index contributed by atoms with van der Waals surface area (Å²) >= 11 is 0. The van der Waals surface area contributed by atoms with E-state index in [1.807, 2.05) is 0 Å². The van der Waals surface area contributed by atoms with Crippen LogP contribution in [0.2, 0.25) is 0 Å². The summed E-state index contributed by atoms with van der Waals surface area (Å²) in [6.45, 7) is -0.579. The number of methoxy groups -OCH3 is 1. The van der Waals surface area contributed by atoms with Crippen molar-refractivity contribution in [2.24, 2.45) is 0 Å². The minimum atomic E-state index is -3.94. The molecular weight excluding hydrogens is 377 g/mol. The molecule has 0 heterocycles. The summed E-state index contributed by atoms with van der Waals surface area (Å²) in [6.07, 6.45) is 0. The number of carbonyl (C=O) groups excluding carboxylic acids is 2. The predicted molar refractivity (Wildman–Crippen MR) is 93.8 cm³/mol. The van der Waals surface area contributed by atoms with Gasteiger partial charge in [-0.2, -0.15) is 4.31 Å². The number of likely N-dealkylation sites (N-methyl/N-ethyl adjacent to an activating group) is 1. The minimum absolute atomic E-state index is 0.0786. The molecule has 0 N–H and O–H groups in total. The first-order chi connectivity index (χ1) is 12.7. The number of halogens is 1. The van der Waals surface area contributed by atoms with Gasteiger partial charge in [0.05, 0.1) is 17.6 Å². The van der Waals surface area contributed by atoms with Crippen LogP contribution in [0.4, 0.5) is 4.39 Å². The molecule has 9 heteroatoms. The summed E-state index contributed by atoms with van der Waals surface area (Å²) in [5.41, 5.74) is 0.984. The van der Waals surface area contributed by atoms with Gasteiger partial charge in [0.2, 0.25) is 10.0 Å². The number of sulfonamides is 1. The normalized spacial score (nSPS) is 11.3. The fraction of sp³-hybridized carbons (Fsp3) is 0.222.